The molecule has 0 aliphatic carbocycles. The summed E-state index contributed by atoms with van der Waals surface area (Å²) in [6.45, 7) is 1.95. The fourth-order valence-corrected chi connectivity index (χ4v) is 2.60. The van der Waals surface area contributed by atoms with Crippen molar-refractivity contribution in [1.29, 1.82) is 0 Å². The van der Waals surface area contributed by atoms with Crippen LogP contribution in [0.25, 0.3) is 0 Å². The number of carbonyl (C=O) groups excluding carboxylic acids is 1. The standard InChI is InChI=1S/C14H15ClN4O/c15-11-3-1-2-10(8-11)14(20)13-9-19(18-17-13)12-4-6-16-7-5-12/h1-3,8-9,12,16H,4-7H2. The van der Waals surface area contributed by atoms with E-state index in [4.69, 9.17) is 11.6 Å². The van der Waals surface area contributed by atoms with Crippen molar-refractivity contribution in [3.8, 4) is 0 Å². The predicted molar refractivity (Wildman–Crippen MR) is 76.0 cm³/mol. The lowest BCUT2D eigenvalue weighted by atomic mass is 10.1. The Labute approximate surface area is 121 Å². The van der Waals surface area contributed by atoms with Crippen LogP contribution in [0.2, 0.25) is 5.02 Å². The summed E-state index contributed by atoms with van der Waals surface area (Å²) in [7, 11) is 0. The van der Waals surface area contributed by atoms with E-state index in [0.29, 0.717) is 22.3 Å². The second-order valence-electron chi connectivity index (χ2n) is 4.90. The Hall–Kier alpha value is -1.72. The number of benzene rings is 1. The molecule has 1 fully saturated rings. The molecule has 1 aromatic carbocycles. The van der Waals surface area contributed by atoms with E-state index in [-0.39, 0.29) is 5.78 Å². The van der Waals surface area contributed by atoms with E-state index in [9.17, 15) is 4.79 Å². The van der Waals surface area contributed by atoms with Crippen molar-refractivity contribution in [2.45, 2.75) is 18.9 Å². The number of nitrogens with one attached hydrogen (secondary N) is 1. The fraction of sp³-hybridized carbons (Fsp3) is 0.357. The number of rotatable bonds is 3. The maximum Gasteiger partial charge on any atom is 0.214 e. The van der Waals surface area contributed by atoms with Crippen molar-refractivity contribution in [2.24, 2.45) is 0 Å². The summed E-state index contributed by atoms with van der Waals surface area (Å²) in [6, 6.07) is 7.20. The molecule has 0 saturated carbocycles. The third-order valence-electron chi connectivity index (χ3n) is 3.51. The van der Waals surface area contributed by atoms with Crippen LogP contribution in [0.3, 0.4) is 0 Å². The largest absolute Gasteiger partial charge is 0.317 e. The SMILES string of the molecule is O=C(c1cccc(Cl)c1)c1cn(C2CCNCC2)nn1. The number of hydrogen-bond donors (Lipinski definition) is 1. The molecule has 0 radical (unpaired) electrons. The lowest BCUT2D eigenvalue weighted by molar-refractivity contribution is 0.103. The number of nitrogens with zero attached hydrogens (tertiary/aromatic N) is 3. The van der Waals surface area contributed by atoms with Gasteiger partial charge in [-0.2, -0.15) is 0 Å². The predicted octanol–water partition coefficient (Wildman–Crippen LogP) is 2.09. The van der Waals surface area contributed by atoms with Crippen LogP contribution in [-0.2, 0) is 0 Å². The summed E-state index contributed by atoms with van der Waals surface area (Å²) in [5.41, 5.74) is 0.903. The van der Waals surface area contributed by atoms with Gasteiger partial charge in [-0.15, -0.1) is 5.10 Å². The molecule has 1 aromatic heterocycles. The second kappa shape index (κ2) is 5.73. The molecule has 2 aromatic rings. The first-order valence-corrected chi connectivity index (χ1v) is 7.04. The van der Waals surface area contributed by atoms with Crippen molar-refractivity contribution in [3.63, 3.8) is 0 Å². The minimum Gasteiger partial charge on any atom is -0.317 e. The highest BCUT2D eigenvalue weighted by Crippen LogP contribution is 2.18. The maximum absolute atomic E-state index is 12.3. The first-order valence-electron chi connectivity index (χ1n) is 6.67. The van der Waals surface area contributed by atoms with Gasteiger partial charge >= 0.3 is 0 Å². The van der Waals surface area contributed by atoms with E-state index in [1.165, 1.54) is 0 Å². The highest BCUT2D eigenvalue weighted by atomic mass is 35.5. The Kier molecular flexibility index (Phi) is 3.80. The van der Waals surface area contributed by atoms with Gasteiger partial charge in [0.05, 0.1) is 12.2 Å². The third kappa shape index (κ3) is 2.73. The zero-order chi connectivity index (χ0) is 13.9. The first-order chi connectivity index (χ1) is 9.74. The normalized spacial score (nSPS) is 16.2. The van der Waals surface area contributed by atoms with Crippen LogP contribution in [-0.4, -0.2) is 33.9 Å². The molecule has 1 saturated heterocycles. The molecule has 20 heavy (non-hydrogen) atoms. The molecule has 2 heterocycles. The number of piperidine rings is 1. The van der Waals surface area contributed by atoms with E-state index in [1.54, 1.807) is 35.1 Å². The monoisotopic (exact) mass is 290 g/mol. The summed E-state index contributed by atoms with van der Waals surface area (Å²) in [6.07, 6.45) is 3.75. The van der Waals surface area contributed by atoms with Gasteiger partial charge in [-0.1, -0.05) is 28.9 Å². The molecule has 6 heteroatoms. The molecule has 0 spiro atoms. The van der Waals surface area contributed by atoms with Crippen molar-refractivity contribution in [3.05, 3.63) is 46.7 Å². The summed E-state index contributed by atoms with van der Waals surface area (Å²) in [5.74, 6) is -0.146. The zero-order valence-corrected chi connectivity index (χ0v) is 11.7. The summed E-state index contributed by atoms with van der Waals surface area (Å²) < 4.78 is 1.80. The third-order valence-corrected chi connectivity index (χ3v) is 3.75. The summed E-state index contributed by atoms with van der Waals surface area (Å²) in [4.78, 5) is 12.3. The van der Waals surface area contributed by atoms with Crippen molar-refractivity contribution in [1.82, 2.24) is 20.3 Å². The molecular weight excluding hydrogens is 276 g/mol. The number of ketones is 1. The van der Waals surface area contributed by atoms with E-state index < -0.39 is 0 Å². The van der Waals surface area contributed by atoms with Crippen molar-refractivity contribution in [2.75, 3.05) is 13.1 Å². The van der Waals surface area contributed by atoms with E-state index >= 15 is 0 Å². The average molecular weight is 291 g/mol. The number of carbonyl (C=O) groups is 1. The van der Waals surface area contributed by atoms with Gasteiger partial charge in [-0.3, -0.25) is 4.79 Å². The van der Waals surface area contributed by atoms with Crippen LogP contribution in [0.5, 0.6) is 0 Å². The molecular formula is C14H15ClN4O. The molecule has 1 aliphatic heterocycles. The second-order valence-corrected chi connectivity index (χ2v) is 5.34. The molecule has 0 unspecified atom stereocenters. The van der Waals surface area contributed by atoms with Crippen molar-refractivity contribution >= 4 is 17.4 Å². The number of hydrogen-bond acceptors (Lipinski definition) is 4. The van der Waals surface area contributed by atoms with Gasteiger partial charge in [0.15, 0.2) is 5.69 Å². The smallest absolute Gasteiger partial charge is 0.214 e. The van der Waals surface area contributed by atoms with Gasteiger partial charge in [0, 0.05) is 10.6 Å². The first kappa shape index (κ1) is 13.3. The van der Waals surface area contributed by atoms with Gasteiger partial charge in [0.1, 0.15) is 0 Å². The highest BCUT2D eigenvalue weighted by Gasteiger charge is 2.19. The quantitative estimate of drug-likeness (QED) is 0.879. The van der Waals surface area contributed by atoms with Crippen LogP contribution in [0.15, 0.2) is 30.5 Å². The molecule has 0 amide bonds. The maximum atomic E-state index is 12.3. The molecule has 1 aliphatic rings. The van der Waals surface area contributed by atoms with Crippen LogP contribution in [0.4, 0.5) is 0 Å². The topological polar surface area (TPSA) is 59.8 Å². The van der Waals surface area contributed by atoms with Gasteiger partial charge in [0.2, 0.25) is 5.78 Å². The summed E-state index contributed by atoms with van der Waals surface area (Å²) in [5, 5.41) is 11.9. The minimum atomic E-state index is -0.146. The van der Waals surface area contributed by atoms with E-state index in [2.05, 4.69) is 15.6 Å². The minimum absolute atomic E-state index is 0.146. The lowest BCUT2D eigenvalue weighted by Crippen LogP contribution is -2.29. The number of aromatic nitrogens is 3. The van der Waals surface area contributed by atoms with Gasteiger partial charge < -0.3 is 5.32 Å². The van der Waals surface area contributed by atoms with Crippen LogP contribution < -0.4 is 5.32 Å². The average Bonchev–Trinajstić information content (AvgIpc) is 2.97. The zero-order valence-electron chi connectivity index (χ0n) is 10.9. The lowest BCUT2D eigenvalue weighted by Gasteiger charge is -2.22. The van der Waals surface area contributed by atoms with Crippen LogP contribution >= 0.6 is 11.6 Å². The Balaban J connectivity index is 1.80. The van der Waals surface area contributed by atoms with Gasteiger partial charge in [-0.25, -0.2) is 4.68 Å². The van der Waals surface area contributed by atoms with E-state index in [0.717, 1.165) is 25.9 Å². The molecule has 0 atom stereocenters. The molecule has 0 bridgehead atoms. The van der Waals surface area contributed by atoms with Gasteiger partial charge in [-0.05, 0) is 38.1 Å². The van der Waals surface area contributed by atoms with Crippen LogP contribution in [0, 0.1) is 0 Å². The van der Waals surface area contributed by atoms with E-state index in [1.807, 2.05) is 0 Å². The Bertz CT molecular complexity index is 619. The Morgan fingerprint density at radius 3 is 2.90 bits per heavy atom. The number of halogens is 1. The summed E-state index contributed by atoms with van der Waals surface area (Å²) >= 11 is 5.90. The highest BCUT2D eigenvalue weighted by molar-refractivity contribution is 6.31. The van der Waals surface area contributed by atoms with Crippen molar-refractivity contribution < 1.29 is 4.79 Å². The van der Waals surface area contributed by atoms with Gasteiger partial charge in [0.25, 0.3) is 0 Å². The Morgan fingerprint density at radius 2 is 2.15 bits per heavy atom. The Morgan fingerprint density at radius 1 is 1.35 bits per heavy atom. The molecule has 3 rings (SSSR count). The van der Waals surface area contributed by atoms with Crippen LogP contribution in [0.1, 0.15) is 34.9 Å². The molecule has 5 nitrogen and oxygen atoms in total. The molecule has 1 N–H and O–H groups in total. The molecule has 104 valence electrons. The fourth-order valence-electron chi connectivity index (χ4n) is 2.41.